The number of hydrogen-bond donors (Lipinski definition) is 2. The van der Waals surface area contributed by atoms with Crippen molar-refractivity contribution < 1.29 is 27.8 Å². The summed E-state index contributed by atoms with van der Waals surface area (Å²) in [6.45, 7) is 3.74. The van der Waals surface area contributed by atoms with Crippen LogP contribution in [-0.4, -0.2) is 59.4 Å². The van der Waals surface area contributed by atoms with Crippen molar-refractivity contribution in [2.75, 3.05) is 44.0 Å². The number of amides is 1. The molecule has 0 radical (unpaired) electrons. The van der Waals surface area contributed by atoms with Gasteiger partial charge in [0.25, 0.3) is 5.91 Å². The predicted octanol–water partition coefficient (Wildman–Crippen LogP) is 4.66. The third-order valence-corrected chi connectivity index (χ3v) is 7.92. The van der Waals surface area contributed by atoms with Crippen LogP contribution in [0, 0.1) is 11.6 Å². The molecule has 1 saturated heterocycles. The maximum atomic E-state index is 14.1. The van der Waals surface area contributed by atoms with Gasteiger partial charge in [-0.25, -0.2) is 13.8 Å². The molecule has 1 amide bonds. The molecule has 41 heavy (non-hydrogen) atoms. The first-order chi connectivity index (χ1) is 19.9. The highest BCUT2D eigenvalue weighted by Crippen LogP contribution is 2.33. The van der Waals surface area contributed by atoms with Crippen LogP contribution < -0.4 is 20.5 Å². The van der Waals surface area contributed by atoms with E-state index >= 15 is 0 Å². The number of anilines is 3. The van der Waals surface area contributed by atoms with Gasteiger partial charge in [0.2, 0.25) is 12.6 Å². The van der Waals surface area contributed by atoms with Gasteiger partial charge in [-0.2, -0.15) is 0 Å². The smallest absolute Gasteiger partial charge is 0.253 e. The zero-order valence-electron chi connectivity index (χ0n) is 21.7. The highest BCUT2D eigenvalue weighted by Gasteiger charge is 2.25. The average molecular weight is 578 g/mol. The maximum Gasteiger partial charge on any atom is 0.253 e. The first-order valence-electron chi connectivity index (χ1n) is 12.9. The third kappa shape index (κ3) is 5.56. The quantitative estimate of drug-likeness (QED) is 0.305. The summed E-state index contributed by atoms with van der Waals surface area (Å²) in [6.07, 6.45) is 0. The second-order valence-electron chi connectivity index (χ2n) is 9.62. The fourth-order valence-electron chi connectivity index (χ4n) is 4.79. The minimum atomic E-state index is -0.969. The summed E-state index contributed by atoms with van der Waals surface area (Å²) < 4.78 is 39.0. The van der Waals surface area contributed by atoms with Crippen LogP contribution in [0.4, 0.5) is 25.4 Å². The number of ether oxygens (including phenoxy) is 2. The number of ketones is 1. The minimum Gasteiger partial charge on any atom is -0.454 e. The number of thiazole rings is 1. The van der Waals surface area contributed by atoms with E-state index in [1.165, 1.54) is 6.07 Å². The number of aromatic nitrogens is 1. The van der Waals surface area contributed by atoms with Crippen LogP contribution in [0.5, 0.6) is 11.5 Å². The molecule has 0 saturated carbocycles. The standard InChI is InChI=1S/C29H25F2N5O4S/c30-20-2-1-3-21(31)24(20)25(37)26-27(32)34-29(41-26)33-19-7-5-18(6-8-19)28(38)36-12-10-35(11-13-36)15-17-4-9-22-23(14-17)40-16-39-22/h1-9,14H,10-13,15-16,32H2,(H,33,34). The van der Waals surface area contributed by atoms with Crippen molar-refractivity contribution in [1.29, 1.82) is 0 Å². The van der Waals surface area contributed by atoms with Gasteiger partial charge < -0.3 is 25.4 Å². The van der Waals surface area contributed by atoms with E-state index in [0.29, 0.717) is 24.3 Å². The summed E-state index contributed by atoms with van der Waals surface area (Å²) in [6, 6.07) is 16.0. The van der Waals surface area contributed by atoms with Gasteiger partial charge in [-0.05, 0) is 54.1 Å². The Morgan fingerprint density at radius 1 is 0.951 bits per heavy atom. The monoisotopic (exact) mass is 577 g/mol. The lowest BCUT2D eigenvalue weighted by Gasteiger charge is -2.34. The van der Waals surface area contributed by atoms with Crippen molar-refractivity contribution in [2.24, 2.45) is 0 Å². The van der Waals surface area contributed by atoms with E-state index < -0.39 is 23.0 Å². The second-order valence-corrected chi connectivity index (χ2v) is 10.6. The number of carbonyl (C=O) groups excluding carboxylic acids is 2. The number of nitrogens with zero attached hydrogens (tertiary/aromatic N) is 3. The molecule has 210 valence electrons. The molecule has 6 rings (SSSR count). The van der Waals surface area contributed by atoms with E-state index in [0.717, 1.165) is 60.2 Å². The van der Waals surface area contributed by atoms with Gasteiger partial charge in [0, 0.05) is 44.0 Å². The highest BCUT2D eigenvalue weighted by molar-refractivity contribution is 7.18. The van der Waals surface area contributed by atoms with Crippen LogP contribution in [0.3, 0.4) is 0 Å². The minimum absolute atomic E-state index is 0.0578. The zero-order chi connectivity index (χ0) is 28.5. The number of carbonyl (C=O) groups is 2. The predicted molar refractivity (Wildman–Crippen MR) is 150 cm³/mol. The molecule has 2 aliphatic rings. The maximum absolute atomic E-state index is 14.1. The van der Waals surface area contributed by atoms with Gasteiger partial charge in [-0.3, -0.25) is 14.5 Å². The Balaban J connectivity index is 1.05. The van der Waals surface area contributed by atoms with Crippen LogP contribution in [0.2, 0.25) is 0 Å². The average Bonchev–Trinajstić information content (AvgIpc) is 3.59. The van der Waals surface area contributed by atoms with Crippen LogP contribution >= 0.6 is 11.3 Å². The summed E-state index contributed by atoms with van der Waals surface area (Å²) in [5.41, 5.74) is 7.50. The Labute approximate surface area is 238 Å². The first-order valence-corrected chi connectivity index (χ1v) is 13.7. The molecule has 0 bridgehead atoms. The zero-order valence-corrected chi connectivity index (χ0v) is 22.5. The highest BCUT2D eigenvalue weighted by atomic mass is 32.1. The van der Waals surface area contributed by atoms with E-state index in [1.54, 1.807) is 24.3 Å². The molecule has 9 nitrogen and oxygen atoms in total. The number of piperazine rings is 1. The lowest BCUT2D eigenvalue weighted by atomic mass is 10.1. The van der Waals surface area contributed by atoms with Crippen molar-refractivity contribution in [1.82, 2.24) is 14.8 Å². The molecule has 0 aliphatic carbocycles. The number of rotatable bonds is 7. The van der Waals surface area contributed by atoms with Crippen LogP contribution in [0.15, 0.2) is 60.7 Å². The van der Waals surface area contributed by atoms with E-state index in [9.17, 15) is 18.4 Å². The Hall–Kier alpha value is -4.55. The SMILES string of the molecule is Nc1nc(Nc2ccc(C(=O)N3CCN(Cc4ccc5c(c4)OCO5)CC3)cc2)sc1C(=O)c1c(F)cccc1F. The van der Waals surface area contributed by atoms with E-state index in [1.807, 2.05) is 23.1 Å². The first kappa shape index (κ1) is 26.7. The molecule has 3 heterocycles. The number of nitrogens with two attached hydrogens (primary N) is 1. The molecule has 0 unspecified atom stereocenters. The van der Waals surface area contributed by atoms with Gasteiger partial charge in [-0.1, -0.05) is 23.5 Å². The summed E-state index contributed by atoms with van der Waals surface area (Å²) in [4.78, 5) is 34.0. The van der Waals surface area contributed by atoms with Gasteiger partial charge in [0.15, 0.2) is 16.6 Å². The molecule has 1 fully saturated rings. The van der Waals surface area contributed by atoms with E-state index in [4.69, 9.17) is 15.2 Å². The molecule has 12 heteroatoms. The normalized spacial score (nSPS) is 14.7. The number of nitrogen functional groups attached to an aromatic ring is 1. The number of halogens is 2. The van der Waals surface area contributed by atoms with Crippen LogP contribution in [-0.2, 0) is 6.54 Å². The molecule has 3 N–H and O–H groups in total. The van der Waals surface area contributed by atoms with Crippen molar-refractivity contribution in [3.05, 3.63) is 93.9 Å². The Kier molecular flexibility index (Phi) is 7.25. The summed E-state index contributed by atoms with van der Waals surface area (Å²) in [5.74, 6) is -1.47. The Morgan fingerprint density at radius 2 is 1.66 bits per heavy atom. The van der Waals surface area contributed by atoms with E-state index in [2.05, 4.69) is 15.2 Å². The molecule has 0 atom stereocenters. The van der Waals surface area contributed by atoms with Crippen molar-refractivity contribution in [3.8, 4) is 11.5 Å². The molecular formula is C29H25F2N5O4S. The number of hydrogen-bond acceptors (Lipinski definition) is 9. The van der Waals surface area contributed by atoms with Crippen molar-refractivity contribution >= 4 is 39.7 Å². The summed E-state index contributed by atoms with van der Waals surface area (Å²) in [5, 5.41) is 3.31. The topological polar surface area (TPSA) is 110 Å². The van der Waals surface area contributed by atoms with Gasteiger partial charge in [0.1, 0.15) is 22.3 Å². The summed E-state index contributed by atoms with van der Waals surface area (Å²) in [7, 11) is 0. The molecular weight excluding hydrogens is 552 g/mol. The number of benzene rings is 3. The Morgan fingerprint density at radius 3 is 2.39 bits per heavy atom. The van der Waals surface area contributed by atoms with Gasteiger partial charge >= 0.3 is 0 Å². The molecule has 4 aromatic rings. The third-order valence-electron chi connectivity index (χ3n) is 6.94. The van der Waals surface area contributed by atoms with Gasteiger partial charge in [0.05, 0.1) is 5.56 Å². The molecule has 0 spiro atoms. The summed E-state index contributed by atoms with van der Waals surface area (Å²) >= 11 is 0.891. The lowest BCUT2D eigenvalue weighted by Crippen LogP contribution is -2.48. The molecule has 1 aromatic heterocycles. The largest absolute Gasteiger partial charge is 0.454 e. The van der Waals surface area contributed by atoms with Gasteiger partial charge in [-0.15, -0.1) is 0 Å². The van der Waals surface area contributed by atoms with Crippen LogP contribution in [0.25, 0.3) is 0 Å². The van der Waals surface area contributed by atoms with E-state index in [-0.39, 0.29) is 28.5 Å². The number of fused-ring (bicyclic) bond motifs is 1. The molecule has 2 aliphatic heterocycles. The van der Waals surface area contributed by atoms with Crippen molar-refractivity contribution in [2.45, 2.75) is 6.54 Å². The lowest BCUT2D eigenvalue weighted by molar-refractivity contribution is 0.0628. The number of nitrogens with one attached hydrogen (secondary N) is 1. The molecule has 3 aromatic carbocycles. The fourth-order valence-corrected chi connectivity index (χ4v) is 5.64. The van der Waals surface area contributed by atoms with Crippen LogP contribution in [0.1, 0.15) is 31.2 Å². The fraction of sp³-hybridized carbons (Fsp3) is 0.207. The van der Waals surface area contributed by atoms with Crippen molar-refractivity contribution in [3.63, 3.8) is 0 Å². The Bertz CT molecular complexity index is 1600. The second kappa shape index (κ2) is 11.1.